The molecule has 2 aromatic rings. The van der Waals surface area contributed by atoms with Crippen LogP contribution in [-0.4, -0.2) is 6.54 Å². The molecular formula is C17H17FN2. The fraction of sp³-hybridized carbons (Fsp3) is 0.294. The Balaban J connectivity index is 1.76. The molecule has 20 heavy (non-hydrogen) atoms. The molecule has 102 valence electrons. The van der Waals surface area contributed by atoms with Crippen molar-refractivity contribution in [2.75, 3.05) is 11.9 Å². The third-order valence-electron chi connectivity index (χ3n) is 4.53. The van der Waals surface area contributed by atoms with E-state index in [2.05, 4.69) is 34.9 Å². The Morgan fingerprint density at radius 1 is 0.950 bits per heavy atom. The average Bonchev–Trinajstić information content (AvgIpc) is 2.97. The zero-order valence-electron chi connectivity index (χ0n) is 11.1. The summed E-state index contributed by atoms with van der Waals surface area (Å²) in [7, 11) is 0. The van der Waals surface area contributed by atoms with E-state index in [1.807, 2.05) is 12.1 Å². The van der Waals surface area contributed by atoms with E-state index in [-0.39, 0.29) is 11.9 Å². The molecule has 2 aliphatic rings. The van der Waals surface area contributed by atoms with Crippen molar-refractivity contribution in [1.29, 1.82) is 0 Å². The van der Waals surface area contributed by atoms with Crippen molar-refractivity contribution in [3.8, 4) is 0 Å². The second-order valence-corrected chi connectivity index (χ2v) is 5.65. The lowest BCUT2D eigenvalue weighted by Crippen LogP contribution is -2.32. The van der Waals surface area contributed by atoms with Crippen LogP contribution in [0.15, 0.2) is 48.5 Å². The number of hydrogen-bond acceptors (Lipinski definition) is 2. The minimum atomic E-state index is -0.175. The molecule has 2 heterocycles. The molecule has 0 aliphatic carbocycles. The normalized spacial score (nSPS) is 27.6. The van der Waals surface area contributed by atoms with E-state index < -0.39 is 0 Å². The molecule has 2 aliphatic heterocycles. The largest absolute Gasteiger partial charge is 0.378 e. The average molecular weight is 268 g/mol. The second kappa shape index (κ2) is 4.60. The molecule has 0 saturated carbocycles. The Bertz CT molecular complexity index is 623. The summed E-state index contributed by atoms with van der Waals surface area (Å²) in [6.07, 6.45) is 1.15. The lowest BCUT2D eigenvalue weighted by atomic mass is 9.80. The van der Waals surface area contributed by atoms with E-state index in [9.17, 15) is 4.39 Å². The van der Waals surface area contributed by atoms with Crippen LogP contribution >= 0.6 is 0 Å². The number of hydrogen-bond donors (Lipinski definition) is 2. The topological polar surface area (TPSA) is 24.1 Å². The monoisotopic (exact) mass is 268 g/mol. The van der Waals surface area contributed by atoms with Gasteiger partial charge in [-0.15, -0.1) is 0 Å². The first kappa shape index (κ1) is 11.9. The van der Waals surface area contributed by atoms with Crippen molar-refractivity contribution in [2.45, 2.75) is 18.5 Å². The van der Waals surface area contributed by atoms with Gasteiger partial charge in [0.1, 0.15) is 5.82 Å². The highest BCUT2D eigenvalue weighted by Crippen LogP contribution is 2.46. The predicted molar refractivity (Wildman–Crippen MR) is 78.1 cm³/mol. The highest BCUT2D eigenvalue weighted by molar-refractivity contribution is 5.57. The molecular weight excluding hydrogens is 251 g/mol. The van der Waals surface area contributed by atoms with Crippen molar-refractivity contribution >= 4 is 5.69 Å². The van der Waals surface area contributed by atoms with E-state index in [0.29, 0.717) is 12.0 Å². The molecule has 2 N–H and O–H groups in total. The van der Waals surface area contributed by atoms with Crippen LogP contribution in [0.2, 0.25) is 0 Å². The molecule has 3 atom stereocenters. The van der Waals surface area contributed by atoms with Gasteiger partial charge in [-0.25, -0.2) is 4.39 Å². The number of anilines is 1. The number of nitrogens with one attached hydrogen (secondary N) is 2. The van der Waals surface area contributed by atoms with E-state index in [4.69, 9.17) is 0 Å². The van der Waals surface area contributed by atoms with Gasteiger partial charge in [-0.2, -0.15) is 0 Å². The zero-order valence-corrected chi connectivity index (χ0v) is 11.1. The summed E-state index contributed by atoms with van der Waals surface area (Å²) in [5.41, 5.74) is 3.71. The molecule has 2 nitrogen and oxygen atoms in total. The van der Waals surface area contributed by atoms with Crippen molar-refractivity contribution in [2.24, 2.45) is 5.92 Å². The molecule has 0 amide bonds. The first-order valence-corrected chi connectivity index (χ1v) is 7.17. The van der Waals surface area contributed by atoms with Gasteiger partial charge in [-0.1, -0.05) is 30.3 Å². The zero-order chi connectivity index (χ0) is 13.5. The maximum Gasteiger partial charge on any atom is 0.123 e. The summed E-state index contributed by atoms with van der Waals surface area (Å²) in [6.45, 7) is 1.04. The Hall–Kier alpha value is -1.87. The second-order valence-electron chi connectivity index (χ2n) is 5.65. The number of benzene rings is 2. The van der Waals surface area contributed by atoms with Crippen molar-refractivity contribution in [1.82, 2.24) is 5.32 Å². The SMILES string of the molecule is Fc1ccc([C@H]2Nc3ccccc3[C@H]3NCC[C@H]23)cc1. The molecule has 0 radical (unpaired) electrons. The summed E-state index contributed by atoms with van der Waals surface area (Å²) in [4.78, 5) is 0. The van der Waals surface area contributed by atoms with Gasteiger partial charge in [-0.3, -0.25) is 0 Å². The quantitative estimate of drug-likeness (QED) is 0.825. The molecule has 3 heteroatoms. The predicted octanol–water partition coefficient (Wildman–Crippen LogP) is 3.64. The molecule has 2 aromatic carbocycles. The third kappa shape index (κ3) is 1.81. The Morgan fingerprint density at radius 2 is 1.75 bits per heavy atom. The summed E-state index contributed by atoms with van der Waals surface area (Å²) in [5, 5.41) is 7.25. The van der Waals surface area contributed by atoms with Gasteiger partial charge in [0.25, 0.3) is 0 Å². The van der Waals surface area contributed by atoms with Gasteiger partial charge in [0, 0.05) is 17.6 Å². The lowest BCUT2D eigenvalue weighted by Gasteiger charge is -2.37. The molecule has 0 spiro atoms. The maximum absolute atomic E-state index is 13.1. The summed E-state index contributed by atoms with van der Waals surface area (Å²) >= 11 is 0. The number of fused-ring (bicyclic) bond motifs is 3. The minimum Gasteiger partial charge on any atom is -0.378 e. The van der Waals surface area contributed by atoms with Crippen LogP contribution < -0.4 is 10.6 Å². The molecule has 1 saturated heterocycles. The molecule has 0 aromatic heterocycles. The Morgan fingerprint density at radius 3 is 2.60 bits per heavy atom. The van der Waals surface area contributed by atoms with Gasteiger partial charge >= 0.3 is 0 Å². The van der Waals surface area contributed by atoms with Crippen molar-refractivity contribution in [3.05, 3.63) is 65.5 Å². The van der Waals surface area contributed by atoms with Gasteiger partial charge in [0.2, 0.25) is 0 Å². The first-order valence-electron chi connectivity index (χ1n) is 7.17. The number of para-hydroxylation sites is 1. The summed E-state index contributed by atoms with van der Waals surface area (Å²) in [5.74, 6) is 0.349. The van der Waals surface area contributed by atoms with Crippen molar-refractivity contribution < 1.29 is 4.39 Å². The third-order valence-corrected chi connectivity index (χ3v) is 4.53. The first-order chi connectivity index (χ1) is 9.83. The molecule has 0 unspecified atom stereocenters. The van der Waals surface area contributed by atoms with E-state index in [1.54, 1.807) is 12.1 Å². The van der Waals surface area contributed by atoms with Crippen LogP contribution in [0.25, 0.3) is 0 Å². The maximum atomic E-state index is 13.1. The molecule has 1 fully saturated rings. The standard InChI is InChI=1S/C17H17FN2/c18-12-7-5-11(6-8-12)16-14-9-10-19-17(14)13-3-1-2-4-15(13)20-16/h1-8,14,16-17,19-20H,9-10H2/t14-,16-,17-/m1/s1. The number of rotatable bonds is 1. The van der Waals surface area contributed by atoms with Gasteiger partial charge in [-0.05, 0) is 42.3 Å². The molecule has 0 bridgehead atoms. The number of halogens is 1. The van der Waals surface area contributed by atoms with Crippen LogP contribution in [0.4, 0.5) is 10.1 Å². The van der Waals surface area contributed by atoms with Gasteiger partial charge < -0.3 is 10.6 Å². The van der Waals surface area contributed by atoms with E-state index >= 15 is 0 Å². The van der Waals surface area contributed by atoms with E-state index in [1.165, 1.54) is 16.8 Å². The van der Waals surface area contributed by atoms with Crippen molar-refractivity contribution in [3.63, 3.8) is 0 Å². The van der Waals surface area contributed by atoms with Gasteiger partial charge in [0.15, 0.2) is 0 Å². The Labute approximate surface area is 118 Å². The highest BCUT2D eigenvalue weighted by atomic mass is 19.1. The minimum absolute atomic E-state index is 0.175. The fourth-order valence-corrected chi connectivity index (χ4v) is 3.60. The lowest BCUT2D eigenvalue weighted by molar-refractivity contribution is 0.390. The van der Waals surface area contributed by atoms with Crippen LogP contribution in [0, 0.1) is 11.7 Å². The van der Waals surface area contributed by atoms with Gasteiger partial charge in [0.05, 0.1) is 6.04 Å². The summed E-state index contributed by atoms with van der Waals surface area (Å²) < 4.78 is 13.1. The Kier molecular flexibility index (Phi) is 2.74. The van der Waals surface area contributed by atoms with Crippen LogP contribution in [0.1, 0.15) is 29.6 Å². The van der Waals surface area contributed by atoms with E-state index in [0.717, 1.165) is 13.0 Å². The van der Waals surface area contributed by atoms with Crippen LogP contribution in [0.3, 0.4) is 0 Å². The molecule has 4 rings (SSSR count). The fourth-order valence-electron chi connectivity index (χ4n) is 3.60. The summed E-state index contributed by atoms with van der Waals surface area (Å²) in [6, 6.07) is 16.0. The highest BCUT2D eigenvalue weighted by Gasteiger charge is 2.39. The van der Waals surface area contributed by atoms with Crippen LogP contribution in [0.5, 0.6) is 0 Å². The van der Waals surface area contributed by atoms with Crippen LogP contribution in [-0.2, 0) is 0 Å². The smallest absolute Gasteiger partial charge is 0.123 e.